The van der Waals surface area contributed by atoms with Gasteiger partial charge >= 0.3 is 0 Å². The van der Waals surface area contributed by atoms with Gasteiger partial charge in [0.15, 0.2) is 0 Å². The molecule has 0 aliphatic rings. The average molecular weight is 305 g/mol. The van der Waals surface area contributed by atoms with Gasteiger partial charge in [0.1, 0.15) is 18.0 Å². The SMILES string of the molecule is NNc1cc(Nc2cc(Cl)c(Cl)cc2Cl)ncn1. The van der Waals surface area contributed by atoms with Crippen LogP contribution in [0.3, 0.4) is 0 Å². The molecule has 94 valence electrons. The minimum absolute atomic E-state index is 0.388. The van der Waals surface area contributed by atoms with E-state index in [1.807, 2.05) is 0 Å². The summed E-state index contributed by atoms with van der Waals surface area (Å²) in [6, 6.07) is 4.79. The summed E-state index contributed by atoms with van der Waals surface area (Å²) in [6.45, 7) is 0. The number of hydrazine groups is 1. The summed E-state index contributed by atoms with van der Waals surface area (Å²) in [5.41, 5.74) is 3.01. The van der Waals surface area contributed by atoms with Crippen molar-refractivity contribution >= 4 is 52.1 Å². The summed E-state index contributed by atoms with van der Waals surface area (Å²) in [4.78, 5) is 7.91. The molecular formula is C10H8Cl3N5. The number of hydrogen-bond acceptors (Lipinski definition) is 5. The zero-order valence-corrected chi connectivity index (χ0v) is 11.2. The molecule has 0 spiro atoms. The van der Waals surface area contributed by atoms with Gasteiger partial charge in [0, 0.05) is 6.07 Å². The Bertz CT molecular complexity index is 575. The predicted molar refractivity (Wildman–Crippen MR) is 74.6 cm³/mol. The van der Waals surface area contributed by atoms with Crippen LogP contribution in [0.4, 0.5) is 17.3 Å². The van der Waals surface area contributed by atoms with Crippen LogP contribution in [0, 0.1) is 0 Å². The summed E-state index contributed by atoms with van der Waals surface area (Å²) in [7, 11) is 0. The monoisotopic (exact) mass is 303 g/mol. The van der Waals surface area contributed by atoms with Gasteiger partial charge in [-0.15, -0.1) is 0 Å². The minimum atomic E-state index is 0.388. The van der Waals surface area contributed by atoms with Crippen LogP contribution in [0.5, 0.6) is 0 Å². The molecule has 0 aliphatic carbocycles. The molecule has 0 unspecified atom stereocenters. The van der Waals surface area contributed by atoms with E-state index in [9.17, 15) is 0 Å². The van der Waals surface area contributed by atoms with E-state index in [1.165, 1.54) is 6.33 Å². The lowest BCUT2D eigenvalue weighted by Gasteiger charge is -2.09. The van der Waals surface area contributed by atoms with Crippen molar-refractivity contribution in [1.29, 1.82) is 0 Å². The Morgan fingerprint density at radius 3 is 2.28 bits per heavy atom. The summed E-state index contributed by atoms with van der Waals surface area (Å²) in [5.74, 6) is 6.26. The molecule has 0 fully saturated rings. The molecule has 0 bridgehead atoms. The van der Waals surface area contributed by atoms with Crippen LogP contribution >= 0.6 is 34.8 Å². The second-order valence-electron chi connectivity index (χ2n) is 3.30. The number of nitrogens with one attached hydrogen (secondary N) is 2. The molecule has 4 N–H and O–H groups in total. The van der Waals surface area contributed by atoms with Crippen LogP contribution < -0.4 is 16.6 Å². The van der Waals surface area contributed by atoms with Gasteiger partial charge in [-0.3, -0.25) is 0 Å². The Balaban J connectivity index is 2.30. The fraction of sp³-hybridized carbons (Fsp3) is 0. The molecule has 1 heterocycles. The fourth-order valence-electron chi connectivity index (χ4n) is 1.26. The Hall–Kier alpha value is -1.27. The lowest BCUT2D eigenvalue weighted by Crippen LogP contribution is -2.09. The molecule has 0 saturated carbocycles. The van der Waals surface area contributed by atoms with E-state index >= 15 is 0 Å². The fourth-order valence-corrected chi connectivity index (χ4v) is 1.86. The van der Waals surface area contributed by atoms with Gasteiger partial charge in [-0.05, 0) is 12.1 Å². The van der Waals surface area contributed by atoms with Gasteiger partial charge in [-0.1, -0.05) is 34.8 Å². The number of aromatic nitrogens is 2. The van der Waals surface area contributed by atoms with Gasteiger partial charge in [0.25, 0.3) is 0 Å². The van der Waals surface area contributed by atoms with Gasteiger partial charge in [-0.2, -0.15) is 0 Å². The first-order chi connectivity index (χ1) is 8.60. The molecular weight excluding hydrogens is 297 g/mol. The van der Waals surface area contributed by atoms with Crippen LogP contribution in [-0.2, 0) is 0 Å². The highest BCUT2D eigenvalue weighted by molar-refractivity contribution is 6.44. The van der Waals surface area contributed by atoms with Gasteiger partial charge in [-0.25, -0.2) is 15.8 Å². The molecule has 5 nitrogen and oxygen atoms in total. The number of anilines is 3. The maximum Gasteiger partial charge on any atom is 0.145 e. The van der Waals surface area contributed by atoms with Gasteiger partial charge in [0.05, 0.1) is 20.8 Å². The Morgan fingerprint density at radius 2 is 1.56 bits per heavy atom. The maximum atomic E-state index is 6.04. The van der Waals surface area contributed by atoms with E-state index < -0.39 is 0 Å². The van der Waals surface area contributed by atoms with Crippen molar-refractivity contribution in [3.05, 3.63) is 39.6 Å². The average Bonchev–Trinajstić information content (AvgIpc) is 2.36. The number of hydrogen-bond donors (Lipinski definition) is 3. The highest BCUT2D eigenvalue weighted by Crippen LogP contribution is 2.33. The van der Waals surface area contributed by atoms with Crippen LogP contribution in [-0.4, -0.2) is 9.97 Å². The first-order valence-corrected chi connectivity index (χ1v) is 5.94. The third-order valence-corrected chi connectivity index (χ3v) is 3.12. The zero-order chi connectivity index (χ0) is 13.1. The molecule has 8 heteroatoms. The normalized spacial score (nSPS) is 10.2. The molecule has 0 aliphatic heterocycles. The van der Waals surface area contributed by atoms with Crippen molar-refractivity contribution in [2.24, 2.45) is 5.84 Å². The molecule has 2 aromatic rings. The summed E-state index contributed by atoms with van der Waals surface area (Å²) in [5, 5.41) is 4.21. The highest BCUT2D eigenvalue weighted by atomic mass is 35.5. The lowest BCUT2D eigenvalue weighted by atomic mass is 10.3. The Morgan fingerprint density at radius 1 is 0.889 bits per heavy atom. The lowest BCUT2D eigenvalue weighted by molar-refractivity contribution is 1.14. The van der Waals surface area contributed by atoms with Crippen LogP contribution in [0.15, 0.2) is 24.5 Å². The van der Waals surface area contributed by atoms with E-state index in [1.54, 1.807) is 18.2 Å². The van der Waals surface area contributed by atoms with Crippen LogP contribution in [0.25, 0.3) is 0 Å². The number of benzene rings is 1. The van der Waals surface area contributed by atoms with Crippen molar-refractivity contribution in [3.8, 4) is 0 Å². The Labute approximate surface area is 118 Å². The second kappa shape index (κ2) is 5.58. The van der Waals surface area contributed by atoms with E-state index in [2.05, 4.69) is 20.7 Å². The summed E-state index contributed by atoms with van der Waals surface area (Å²) >= 11 is 17.8. The van der Waals surface area contributed by atoms with Crippen molar-refractivity contribution in [2.75, 3.05) is 10.7 Å². The molecule has 0 radical (unpaired) electrons. The van der Waals surface area contributed by atoms with Crippen molar-refractivity contribution in [3.63, 3.8) is 0 Å². The predicted octanol–water partition coefficient (Wildman–Crippen LogP) is 3.47. The van der Waals surface area contributed by atoms with E-state index in [4.69, 9.17) is 40.6 Å². The largest absolute Gasteiger partial charge is 0.339 e. The topological polar surface area (TPSA) is 75.9 Å². The van der Waals surface area contributed by atoms with Crippen molar-refractivity contribution < 1.29 is 0 Å². The third-order valence-electron chi connectivity index (χ3n) is 2.09. The van der Waals surface area contributed by atoms with Crippen molar-refractivity contribution in [2.45, 2.75) is 0 Å². The number of halogens is 3. The molecule has 18 heavy (non-hydrogen) atoms. The molecule has 0 amide bonds. The highest BCUT2D eigenvalue weighted by Gasteiger charge is 2.07. The molecule has 0 saturated heterocycles. The Kier molecular flexibility index (Phi) is 4.08. The number of nitrogen functional groups attached to an aromatic ring is 1. The van der Waals surface area contributed by atoms with E-state index in [-0.39, 0.29) is 0 Å². The number of rotatable bonds is 3. The number of nitrogens with two attached hydrogens (primary N) is 1. The standard InChI is InChI=1S/C10H8Cl3N5/c11-5-1-7(13)8(2-6(5)12)17-9-3-10(18-14)16-4-15-9/h1-4H,14H2,(H2,15,16,17,18). The van der Waals surface area contributed by atoms with Crippen molar-refractivity contribution in [1.82, 2.24) is 9.97 Å². The van der Waals surface area contributed by atoms with Gasteiger partial charge in [0.2, 0.25) is 0 Å². The molecule has 2 rings (SSSR count). The molecule has 0 atom stereocenters. The first kappa shape index (κ1) is 13.2. The van der Waals surface area contributed by atoms with Gasteiger partial charge < -0.3 is 10.7 Å². The summed E-state index contributed by atoms with van der Waals surface area (Å²) in [6.07, 6.45) is 1.36. The zero-order valence-electron chi connectivity index (χ0n) is 8.92. The quantitative estimate of drug-likeness (QED) is 0.460. The third kappa shape index (κ3) is 2.94. The van der Waals surface area contributed by atoms with Crippen LogP contribution in [0.2, 0.25) is 15.1 Å². The first-order valence-electron chi connectivity index (χ1n) is 4.80. The number of nitrogens with zero attached hydrogens (tertiary/aromatic N) is 2. The molecule has 1 aromatic carbocycles. The smallest absolute Gasteiger partial charge is 0.145 e. The summed E-state index contributed by atoms with van der Waals surface area (Å²) < 4.78 is 0. The minimum Gasteiger partial charge on any atom is -0.339 e. The van der Waals surface area contributed by atoms with E-state index in [0.29, 0.717) is 32.4 Å². The second-order valence-corrected chi connectivity index (χ2v) is 4.53. The maximum absolute atomic E-state index is 6.04. The van der Waals surface area contributed by atoms with Crippen LogP contribution in [0.1, 0.15) is 0 Å². The molecule has 1 aromatic heterocycles. The van der Waals surface area contributed by atoms with E-state index in [0.717, 1.165) is 0 Å².